The molecule has 0 bridgehead atoms. The van der Waals surface area contributed by atoms with Crippen molar-refractivity contribution < 1.29 is 27.9 Å². The van der Waals surface area contributed by atoms with E-state index in [0.717, 1.165) is 6.07 Å². The van der Waals surface area contributed by atoms with Crippen LogP contribution in [0.4, 0.5) is 28.4 Å². The summed E-state index contributed by atoms with van der Waals surface area (Å²) in [6.07, 6.45) is 0. The lowest BCUT2D eigenvalue weighted by Gasteiger charge is -2.14. The van der Waals surface area contributed by atoms with E-state index in [1.807, 2.05) is 18.2 Å². The zero-order chi connectivity index (χ0) is 25.7. The van der Waals surface area contributed by atoms with Gasteiger partial charge in [0.2, 0.25) is 0 Å². The Kier molecular flexibility index (Phi) is 7.20. The van der Waals surface area contributed by atoms with E-state index in [-0.39, 0.29) is 35.4 Å². The minimum Gasteiger partial charge on any atom is -0.744 e. The van der Waals surface area contributed by atoms with Gasteiger partial charge < -0.3 is 25.2 Å². The highest BCUT2D eigenvalue weighted by Gasteiger charge is 2.18. The summed E-state index contributed by atoms with van der Waals surface area (Å²) in [5.41, 5.74) is 6.73. The average molecular weight is 507 g/mol. The minimum atomic E-state index is -5.01. The molecule has 0 amide bonds. The van der Waals surface area contributed by atoms with Crippen LogP contribution in [-0.4, -0.2) is 36.4 Å². The summed E-state index contributed by atoms with van der Waals surface area (Å²) >= 11 is 0. The number of ether oxygens (including phenoxy) is 1. The van der Waals surface area contributed by atoms with E-state index < -0.39 is 26.5 Å². The van der Waals surface area contributed by atoms with Crippen LogP contribution >= 0.6 is 0 Å². The first-order valence-corrected chi connectivity index (χ1v) is 11.9. The summed E-state index contributed by atoms with van der Waals surface area (Å²) in [5, 5.41) is 36.5. The number of fused-ring (bicyclic) bond motifs is 1. The molecule has 0 aliphatic rings. The highest BCUT2D eigenvalue weighted by Crippen LogP contribution is 2.43. The maximum Gasteiger partial charge on any atom is 0.152 e. The number of nitrogen functional groups attached to an aromatic ring is 1. The molecule has 0 aromatic heterocycles. The molecule has 0 aliphatic carbocycles. The van der Waals surface area contributed by atoms with Crippen LogP contribution in [0.3, 0.4) is 0 Å². The summed E-state index contributed by atoms with van der Waals surface area (Å²) in [6, 6.07) is 19.1. The van der Waals surface area contributed by atoms with E-state index in [1.165, 1.54) is 30.3 Å². The van der Waals surface area contributed by atoms with Crippen molar-refractivity contribution in [2.75, 3.05) is 18.9 Å². The van der Waals surface area contributed by atoms with Crippen molar-refractivity contribution in [1.82, 2.24) is 0 Å². The van der Waals surface area contributed by atoms with Crippen molar-refractivity contribution in [2.45, 2.75) is 4.90 Å². The molecule has 11 nitrogen and oxygen atoms in total. The highest BCUT2D eigenvalue weighted by molar-refractivity contribution is 7.86. The number of hydrogen-bond acceptors (Lipinski definition) is 11. The van der Waals surface area contributed by atoms with Crippen molar-refractivity contribution in [1.29, 1.82) is 0 Å². The Morgan fingerprint density at radius 3 is 2.36 bits per heavy atom. The zero-order valence-corrected chi connectivity index (χ0v) is 19.5. The van der Waals surface area contributed by atoms with Crippen LogP contribution in [0.2, 0.25) is 0 Å². The van der Waals surface area contributed by atoms with Gasteiger partial charge in [-0.2, -0.15) is 10.2 Å². The number of rotatable bonds is 8. The normalized spacial score (nSPS) is 12.1. The second kappa shape index (κ2) is 10.5. The fraction of sp³-hybridized carbons (Fsp3) is 0.0833. The summed E-state index contributed by atoms with van der Waals surface area (Å²) in [6.45, 7) is -0.347. The van der Waals surface area contributed by atoms with Crippen LogP contribution in [-0.2, 0) is 10.1 Å². The van der Waals surface area contributed by atoms with E-state index in [0.29, 0.717) is 17.1 Å². The first kappa shape index (κ1) is 24.7. The van der Waals surface area contributed by atoms with Crippen LogP contribution in [0.25, 0.3) is 10.8 Å². The number of benzene rings is 4. The van der Waals surface area contributed by atoms with Crippen LogP contribution in [0.15, 0.2) is 98.1 Å². The summed E-state index contributed by atoms with van der Waals surface area (Å²) in [7, 11) is -5.01. The smallest absolute Gasteiger partial charge is 0.152 e. The Balaban J connectivity index is 1.77. The fourth-order valence-electron chi connectivity index (χ4n) is 3.28. The van der Waals surface area contributed by atoms with Crippen LogP contribution in [0.1, 0.15) is 0 Å². The van der Waals surface area contributed by atoms with E-state index in [9.17, 15) is 18.1 Å². The summed E-state index contributed by atoms with van der Waals surface area (Å²) in [4.78, 5) is -0.743. The molecule has 0 heterocycles. The van der Waals surface area contributed by atoms with Crippen LogP contribution in [0.5, 0.6) is 11.5 Å². The largest absolute Gasteiger partial charge is 0.744 e. The number of hydrogen-bond donors (Lipinski definition) is 3. The second-order valence-electron chi connectivity index (χ2n) is 7.47. The van der Waals surface area contributed by atoms with Crippen molar-refractivity contribution in [2.24, 2.45) is 20.5 Å². The Morgan fingerprint density at radius 1 is 0.889 bits per heavy atom. The van der Waals surface area contributed by atoms with Crippen molar-refractivity contribution in [3.05, 3.63) is 72.8 Å². The summed E-state index contributed by atoms with van der Waals surface area (Å²) in [5.74, 6) is -0.405. The maximum atomic E-state index is 11.9. The number of anilines is 1. The van der Waals surface area contributed by atoms with Gasteiger partial charge in [-0.3, -0.25) is 0 Å². The van der Waals surface area contributed by atoms with Gasteiger partial charge in [0, 0.05) is 17.1 Å². The number of aliphatic hydroxyl groups excluding tert-OH is 1. The third kappa shape index (κ3) is 5.63. The molecule has 4 rings (SSSR count). The van der Waals surface area contributed by atoms with Gasteiger partial charge in [-0.15, -0.1) is 10.2 Å². The number of azo groups is 2. The monoisotopic (exact) mass is 506 g/mol. The zero-order valence-electron chi connectivity index (χ0n) is 18.6. The predicted octanol–water partition coefficient (Wildman–Crippen LogP) is 5.23. The molecular formula is C24H20N5O6S-. The molecule has 0 saturated carbocycles. The molecule has 4 N–H and O–H groups in total. The van der Waals surface area contributed by atoms with Gasteiger partial charge in [0.15, 0.2) is 5.75 Å². The number of phenols is 1. The minimum absolute atomic E-state index is 0.0670. The maximum absolute atomic E-state index is 11.9. The summed E-state index contributed by atoms with van der Waals surface area (Å²) < 4.78 is 41.2. The number of aromatic hydroxyl groups is 1. The Bertz CT molecular complexity index is 1570. The standard InChI is InChI=1S/C24H21N5O6S/c25-16-7-6-15-12-22(36(32,33)34)23(24(31)19(15)13-16)29-28-20-9-8-18(14-21(20)35-11-10-30)27-26-17-4-2-1-3-5-17/h1-9,12-14,30-31H,10-11,25H2,(H,32,33,34)/p-1. The average Bonchev–Trinajstić information content (AvgIpc) is 2.86. The molecule has 0 saturated heterocycles. The molecule has 0 fully saturated rings. The molecular weight excluding hydrogens is 486 g/mol. The molecule has 0 atom stereocenters. The van der Waals surface area contributed by atoms with Crippen molar-refractivity contribution in [3.63, 3.8) is 0 Å². The lowest BCUT2D eigenvalue weighted by Crippen LogP contribution is -2.01. The molecule has 36 heavy (non-hydrogen) atoms. The van der Waals surface area contributed by atoms with Gasteiger partial charge in [0.1, 0.15) is 33.8 Å². The lowest BCUT2D eigenvalue weighted by atomic mass is 10.1. The van der Waals surface area contributed by atoms with Gasteiger partial charge in [-0.05, 0) is 47.9 Å². The van der Waals surface area contributed by atoms with Gasteiger partial charge in [0.25, 0.3) is 0 Å². The lowest BCUT2D eigenvalue weighted by molar-refractivity contribution is 0.202. The van der Waals surface area contributed by atoms with E-state index in [4.69, 9.17) is 15.6 Å². The van der Waals surface area contributed by atoms with E-state index in [2.05, 4.69) is 20.5 Å². The van der Waals surface area contributed by atoms with Crippen molar-refractivity contribution >= 4 is 49.3 Å². The second-order valence-corrected chi connectivity index (χ2v) is 8.81. The molecule has 0 spiro atoms. The Hall–Kier alpha value is -4.39. The quantitative estimate of drug-likeness (QED) is 0.166. The topological polar surface area (TPSA) is 182 Å². The first-order valence-electron chi connectivity index (χ1n) is 10.5. The molecule has 0 radical (unpaired) electrons. The molecule has 4 aromatic rings. The van der Waals surface area contributed by atoms with E-state index in [1.54, 1.807) is 18.2 Å². The van der Waals surface area contributed by atoms with Crippen LogP contribution in [0, 0.1) is 0 Å². The van der Waals surface area contributed by atoms with Crippen LogP contribution < -0.4 is 10.5 Å². The number of aliphatic hydroxyl groups is 1. The molecule has 4 aromatic carbocycles. The number of nitrogens with zero attached hydrogens (tertiary/aromatic N) is 4. The highest BCUT2D eigenvalue weighted by atomic mass is 32.2. The first-order chi connectivity index (χ1) is 17.3. The van der Waals surface area contributed by atoms with Gasteiger partial charge in [0.05, 0.1) is 22.9 Å². The molecule has 0 aliphatic heterocycles. The molecule has 12 heteroatoms. The fourth-order valence-corrected chi connectivity index (χ4v) is 3.92. The SMILES string of the molecule is Nc1ccc2cc(S(=O)(=O)[O-])c(N=Nc3ccc(N=Nc4ccccc4)cc3OCCO)c(O)c2c1. The number of phenolic OH excluding ortho intramolecular Hbond substituents is 1. The third-order valence-electron chi connectivity index (χ3n) is 4.93. The van der Waals surface area contributed by atoms with Gasteiger partial charge >= 0.3 is 0 Å². The van der Waals surface area contributed by atoms with Crippen molar-refractivity contribution in [3.8, 4) is 11.5 Å². The van der Waals surface area contributed by atoms with Gasteiger partial charge in [-0.25, -0.2) is 8.42 Å². The Morgan fingerprint density at radius 2 is 1.64 bits per heavy atom. The van der Waals surface area contributed by atoms with E-state index >= 15 is 0 Å². The van der Waals surface area contributed by atoms with Gasteiger partial charge in [-0.1, -0.05) is 24.3 Å². The molecule has 184 valence electrons. The molecule has 0 unspecified atom stereocenters. The number of nitrogens with two attached hydrogens (primary N) is 1. The third-order valence-corrected chi connectivity index (χ3v) is 5.78. The Labute approximate surface area is 206 Å². The predicted molar refractivity (Wildman–Crippen MR) is 132 cm³/mol.